The Kier molecular flexibility index (Phi) is 3.07. The summed E-state index contributed by atoms with van der Waals surface area (Å²) in [5.74, 6) is 0.839. The van der Waals surface area contributed by atoms with E-state index in [-0.39, 0.29) is 5.38 Å². The molecule has 2 heterocycles. The highest BCUT2D eigenvalue weighted by Crippen LogP contribution is 2.27. The third-order valence-corrected chi connectivity index (χ3v) is 4.06. The molecule has 0 bridgehead atoms. The topological polar surface area (TPSA) is 55.6 Å². The molecule has 1 saturated carbocycles. The van der Waals surface area contributed by atoms with Gasteiger partial charge in [-0.15, -0.1) is 11.6 Å². The molecule has 1 fully saturated rings. The number of aromatic nitrogens is 4. The van der Waals surface area contributed by atoms with Gasteiger partial charge in [-0.1, -0.05) is 12.8 Å². The fourth-order valence-electron chi connectivity index (χ4n) is 2.50. The van der Waals surface area contributed by atoms with E-state index in [1.54, 1.807) is 17.2 Å². The highest BCUT2D eigenvalue weighted by Gasteiger charge is 2.24. The second kappa shape index (κ2) is 4.72. The molecule has 0 radical (unpaired) electrons. The van der Waals surface area contributed by atoms with E-state index in [4.69, 9.17) is 11.6 Å². The Morgan fingerprint density at radius 2 is 2.17 bits per heavy atom. The van der Waals surface area contributed by atoms with Crippen molar-refractivity contribution in [1.82, 2.24) is 19.7 Å². The van der Waals surface area contributed by atoms with E-state index in [1.165, 1.54) is 12.8 Å². The monoisotopic (exact) mass is 265 g/mol. The van der Waals surface area contributed by atoms with Gasteiger partial charge in [-0.05, 0) is 12.8 Å². The van der Waals surface area contributed by atoms with Crippen LogP contribution in [-0.2, 0) is 7.05 Å². The second-order valence-electron chi connectivity index (χ2n) is 4.78. The maximum Gasteiger partial charge on any atom is 0.163 e. The Morgan fingerprint density at radius 1 is 1.33 bits per heavy atom. The normalized spacial score (nSPS) is 24.3. The minimum Gasteiger partial charge on any atom is -0.365 e. The Hall–Kier alpha value is -1.36. The van der Waals surface area contributed by atoms with Crippen molar-refractivity contribution in [2.75, 3.05) is 5.32 Å². The third kappa shape index (κ3) is 2.03. The van der Waals surface area contributed by atoms with Crippen LogP contribution in [0.2, 0.25) is 0 Å². The van der Waals surface area contributed by atoms with Crippen molar-refractivity contribution in [1.29, 1.82) is 0 Å². The van der Waals surface area contributed by atoms with E-state index in [0.717, 1.165) is 29.7 Å². The van der Waals surface area contributed by atoms with Gasteiger partial charge in [0.2, 0.25) is 0 Å². The lowest BCUT2D eigenvalue weighted by atomic mass is 9.95. The van der Waals surface area contributed by atoms with Crippen molar-refractivity contribution in [2.45, 2.75) is 37.1 Å². The first-order valence-electron chi connectivity index (χ1n) is 6.29. The van der Waals surface area contributed by atoms with Gasteiger partial charge in [-0.3, -0.25) is 4.68 Å². The largest absolute Gasteiger partial charge is 0.365 e. The highest BCUT2D eigenvalue weighted by atomic mass is 35.5. The predicted octanol–water partition coefficient (Wildman–Crippen LogP) is 2.33. The average molecular weight is 266 g/mol. The summed E-state index contributed by atoms with van der Waals surface area (Å²) in [5, 5.41) is 8.79. The first-order valence-corrected chi connectivity index (χ1v) is 6.72. The van der Waals surface area contributed by atoms with E-state index in [1.807, 2.05) is 7.05 Å². The molecule has 1 aliphatic carbocycles. The first kappa shape index (κ1) is 11.7. The Morgan fingerprint density at radius 3 is 3.00 bits per heavy atom. The van der Waals surface area contributed by atoms with Gasteiger partial charge in [0, 0.05) is 13.1 Å². The number of nitrogens with zero attached hydrogens (tertiary/aromatic N) is 4. The molecule has 2 aromatic rings. The molecule has 6 heteroatoms. The van der Waals surface area contributed by atoms with E-state index in [0.29, 0.717) is 6.04 Å². The summed E-state index contributed by atoms with van der Waals surface area (Å²) < 4.78 is 1.75. The van der Waals surface area contributed by atoms with Crippen LogP contribution in [0.5, 0.6) is 0 Å². The number of halogens is 1. The molecule has 0 amide bonds. The molecular weight excluding hydrogens is 250 g/mol. The molecule has 1 N–H and O–H groups in total. The highest BCUT2D eigenvalue weighted by molar-refractivity contribution is 6.21. The van der Waals surface area contributed by atoms with Crippen LogP contribution in [0.4, 0.5) is 5.82 Å². The summed E-state index contributed by atoms with van der Waals surface area (Å²) in [6, 6.07) is 0.290. The van der Waals surface area contributed by atoms with Crippen LogP contribution in [0.25, 0.3) is 11.0 Å². The Bertz CT molecular complexity index is 552. The van der Waals surface area contributed by atoms with E-state index in [9.17, 15) is 0 Å². The molecule has 0 saturated heterocycles. The molecule has 3 rings (SSSR count). The van der Waals surface area contributed by atoms with Crippen LogP contribution in [0, 0.1) is 0 Å². The zero-order chi connectivity index (χ0) is 12.5. The number of alkyl halides is 1. The summed E-state index contributed by atoms with van der Waals surface area (Å²) >= 11 is 6.36. The molecule has 5 nitrogen and oxygen atoms in total. The minimum absolute atomic E-state index is 0.181. The maximum atomic E-state index is 6.36. The fourth-order valence-corrected chi connectivity index (χ4v) is 2.84. The van der Waals surface area contributed by atoms with Gasteiger partial charge in [-0.25, -0.2) is 9.97 Å². The van der Waals surface area contributed by atoms with Crippen LogP contribution in [0.3, 0.4) is 0 Å². The Labute approximate surface area is 111 Å². The number of anilines is 1. The van der Waals surface area contributed by atoms with Crippen LogP contribution in [-0.4, -0.2) is 31.2 Å². The smallest absolute Gasteiger partial charge is 0.163 e. The number of hydrogen-bond acceptors (Lipinski definition) is 4. The van der Waals surface area contributed by atoms with Crippen molar-refractivity contribution in [2.24, 2.45) is 7.05 Å². The molecule has 0 aromatic carbocycles. The van der Waals surface area contributed by atoms with Crippen molar-refractivity contribution in [3.63, 3.8) is 0 Å². The third-order valence-electron chi connectivity index (χ3n) is 3.53. The summed E-state index contributed by atoms with van der Waals surface area (Å²) in [6.45, 7) is 0. The number of hydrogen-bond donors (Lipinski definition) is 1. The number of aryl methyl sites for hydroxylation is 1. The van der Waals surface area contributed by atoms with Crippen LogP contribution < -0.4 is 5.32 Å². The van der Waals surface area contributed by atoms with Crippen LogP contribution >= 0.6 is 11.6 Å². The molecule has 18 heavy (non-hydrogen) atoms. The molecule has 2 unspecified atom stereocenters. The van der Waals surface area contributed by atoms with Crippen molar-refractivity contribution in [3.8, 4) is 0 Å². The zero-order valence-corrected chi connectivity index (χ0v) is 11.1. The molecule has 0 spiro atoms. The predicted molar refractivity (Wildman–Crippen MR) is 71.8 cm³/mol. The number of nitrogens with one attached hydrogen (secondary N) is 1. The molecule has 96 valence electrons. The quantitative estimate of drug-likeness (QED) is 0.847. The fraction of sp³-hybridized carbons (Fsp3) is 0.583. The lowest BCUT2D eigenvalue weighted by molar-refractivity contribution is 0.469. The SMILES string of the molecule is Cn1ncc2c(NC3CCCCC3Cl)ncnc21. The van der Waals surface area contributed by atoms with Gasteiger partial charge in [0.1, 0.15) is 12.1 Å². The molecule has 2 aromatic heterocycles. The van der Waals surface area contributed by atoms with Gasteiger partial charge in [0.15, 0.2) is 5.65 Å². The lowest BCUT2D eigenvalue weighted by Gasteiger charge is -2.28. The van der Waals surface area contributed by atoms with Gasteiger partial charge in [0.25, 0.3) is 0 Å². The zero-order valence-electron chi connectivity index (χ0n) is 10.3. The van der Waals surface area contributed by atoms with Crippen molar-refractivity contribution >= 4 is 28.5 Å². The summed E-state index contributed by atoms with van der Waals surface area (Å²) in [6.07, 6.45) is 7.98. The standard InChI is InChI=1S/C12H16ClN5/c1-18-12-8(6-16-18)11(14-7-15-12)17-10-5-3-2-4-9(10)13/h6-7,9-10H,2-5H2,1H3,(H,14,15,17). The lowest BCUT2D eigenvalue weighted by Crippen LogP contribution is -2.33. The Balaban J connectivity index is 1.90. The van der Waals surface area contributed by atoms with E-state index < -0.39 is 0 Å². The van der Waals surface area contributed by atoms with Gasteiger partial charge < -0.3 is 5.32 Å². The summed E-state index contributed by atoms with van der Waals surface area (Å²) in [7, 11) is 1.88. The van der Waals surface area contributed by atoms with Crippen LogP contribution in [0.1, 0.15) is 25.7 Å². The van der Waals surface area contributed by atoms with Crippen molar-refractivity contribution in [3.05, 3.63) is 12.5 Å². The van der Waals surface area contributed by atoms with Gasteiger partial charge in [-0.2, -0.15) is 5.10 Å². The van der Waals surface area contributed by atoms with Crippen molar-refractivity contribution < 1.29 is 0 Å². The summed E-state index contributed by atoms with van der Waals surface area (Å²) in [4.78, 5) is 8.54. The summed E-state index contributed by atoms with van der Waals surface area (Å²) in [5.41, 5.74) is 0.842. The van der Waals surface area contributed by atoms with Crippen LogP contribution in [0.15, 0.2) is 12.5 Å². The van der Waals surface area contributed by atoms with E-state index >= 15 is 0 Å². The molecule has 2 atom stereocenters. The molecule has 0 aliphatic heterocycles. The number of rotatable bonds is 2. The average Bonchev–Trinajstić information content (AvgIpc) is 2.76. The first-order chi connectivity index (χ1) is 8.75. The van der Waals surface area contributed by atoms with Gasteiger partial charge >= 0.3 is 0 Å². The van der Waals surface area contributed by atoms with Gasteiger partial charge in [0.05, 0.1) is 17.0 Å². The van der Waals surface area contributed by atoms with E-state index in [2.05, 4.69) is 20.4 Å². The second-order valence-corrected chi connectivity index (χ2v) is 5.34. The molecule has 1 aliphatic rings. The maximum absolute atomic E-state index is 6.36. The number of fused-ring (bicyclic) bond motifs is 1. The minimum atomic E-state index is 0.181. The molecular formula is C12H16ClN5.